The van der Waals surface area contributed by atoms with Gasteiger partial charge in [-0.05, 0) is 104 Å². The lowest BCUT2D eigenvalue weighted by Gasteiger charge is -2.22. The average Bonchev–Trinajstić information content (AvgIpc) is 3.15. The Morgan fingerprint density at radius 3 is 1.51 bits per heavy atom. The van der Waals surface area contributed by atoms with Gasteiger partial charge in [-0.2, -0.15) is 0 Å². The van der Waals surface area contributed by atoms with Crippen molar-refractivity contribution >= 4 is 11.9 Å². The summed E-state index contributed by atoms with van der Waals surface area (Å²) in [6.07, 6.45) is 35.9. The van der Waals surface area contributed by atoms with Gasteiger partial charge in [-0.25, -0.2) is 0 Å². The van der Waals surface area contributed by atoms with Crippen molar-refractivity contribution in [2.24, 2.45) is 5.92 Å². The Morgan fingerprint density at radius 1 is 0.528 bits per heavy atom. The number of carbonyl (C=O) groups excluding carboxylic acids is 2. The zero-order chi connectivity index (χ0) is 38.9. The normalized spacial score (nSPS) is 12.2. The molecule has 7 heteroatoms. The van der Waals surface area contributed by atoms with E-state index in [4.69, 9.17) is 14.2 Å². The van der Waals surface area contributed by atoms with Gasteiger partial charge in [-0.15, -0.1) is 0 Å². The van der Waals surface area contributed by atoms with E-state index in [9.17, 15) is 14.7 Å². The van der Waals surface area contributed by atoms with Crippen molar-refractivity contribution in [2.75, 3.05) is 46.1 Å². The van der Waals surface area contributed by atoms with E-state index in [1.165, 1.54) is 122 Å². The van der Waals surface area contributed by atoms with Crippen molar-refractivity contribution in [2.45, 2.75) is 233 Å². The van der Waals surface area contributed by atoms with E-state index in [1.54, 1.807) is 0 Å². The second-order valence-electron chi connectivity index (χ2n) is 16.0. The number of aliphatic hydroxyl groups excluding tert-OH is 1. The Labute approximate surface area is 329 Å². The highest BCUT2D eigenvalue weighted by Gasteiger charge is 2.16. The lowest BCUT2D eigenvalue weighted by Crippen LogP contribution is -2.27. The fraction of sp³-hybridized carbons (Fsp3) is 0.957. The van der Waals surface area contributed by atoms with Gasteiger partial charge in [-0.1, -0.05) is 136 Å². The van der Waals surface area contributed by atoms with Crippen LogP contribution < -0.4 is 0 Å². The summed E-state index contributed by atoms with van der Waals surface area (Å²) in [7, 11) is 0. The maximum Gasteiger partial charge on any atom is 0.310 e. The minimum Gasteiger partial charge on any atom is -0.465 e. The smallest absolute Gasteiger partial charge is 0.310 e. The maximum atomic E-state index is 12.7. The van der Waals surface area contributed by atoms with Gasteiger partial charge in [0.05, 0.1) is 19.1 Å². The molecule has 0 radical (unpaired) electrons. The second kappa shape index (κ2) is 42.0. The van der Waals surface area contributed by atoms with Crippen LogP contribution >= 0.6 is 0 Å². The SMILES string of the molecule is CCCCCCCCOCC(C)C(=O)OCCCCCN(CCCCO)CCCCCCCC(=O)OC(CCCCCCCC)CCCCCCCC. The molecule has 0 rings (SSSR count). The van der Waals surface area contributed by atoms with Crippen LogP contribution in [0.4, 0.5) is 0 Å². The quantitative estimate of drug-likeness (QED) is 0.0490. The molecule has 0 saturated carbocycles. The minimum atomic E-state index is -0.210. The summed E-state index contributed by atoms with van der Waals surface area (Å²) in [6.45, 7) is 13.7. The third-order valence-electron chi connectivity index (χ3n) is 10.6. The van der Waals surface area contributed by atoms with Crippen LogP contribution in [0.15, 0.2) is 0 Å². The number of aliphatic hydroxyl groups is 1. The molecule has 0 amide bonds. The van der Waals surface area contributed by atoms with Crippen molar-refractivity contribution in [3.8, 4) is 0 Å². The molecule has 0 saturated heterocycles. The predicted octanol–water partition coefficient (Wildman–Crippen LogP) is 12.5. The first-order valence-electron chi connectivity index (χ1n) is 23.2. The largest absolute Gasteiger partial charge is 0.465 e. The second-order valence-corrected chi connectivity index (χ2v) is 16.0. The molecule has 0 aliphatic rings. The molecule has 53 heavy (non-hydrogen) atoms. The van der Waals surface area contributed by atoms with E-state index >= 15 is 0 Å². The van der Waals surface area contributed by atoms with Gasteiger partial charge in [-0.3, -0.25) is 9.59 Å². The Hall–Kier alpha value is -1.18. The molecule has 0 aromatic carbocycles. The first-order valence-corrected chi connectivity index (χ1v) is 23.2. The molecule has 0 fully saturated rings. The van der Waals surface area contributed by atoms with Crippen molar-refractivity contribution < 1.29 is 28.9 Å². The van der Waals surface area contributed by atoms with Crippen LogP contribution in [-0.4, -0.2) is 74.1 Å². The molecule has 0 heterocycles. The number of ether oxygens (including phenoxy) is 3. The van der Waals surface area contributed by atoms with E-state index in [-0.39, 0.29) is 30.6 Å². The van der Waals surface area contributed by atoms with Crippen molar-refractivity contribution in [3.63, 3.8) is 0 Å². The zero-order valence-corrected chi connectivity index (χ0v) is 36.0. The molecule has 0 aliphatic heterocycles. The van der Waals surface area contributed by atoms with Crippen LogP contribution in [0.1, 0.15) is 227 Å². The van der Waals surface area contributed by atoms with Crippen LogP contribution in [0.3, 0.4) is 0 Å². The van der Waals surface area contributed by atoms with Crippen LogP contribution in [-0.2, 0) is 23.8 Å². The topological polar surface area (TPSA) is 85.3 Å². The minimum absolute atomic E-state index is 0.0131. The van der Waals surface area contributed by atoms with Crippen molar-refractivity contribution in [3.05, 3.63) is 0 Å². The van der Waals surface area contributed by atoms with Gasteiger partial charge in [0.1, 0.15) is 6.10 Å². The van der Waals surface area contributed by atoms with E-state index in [0.717, 1.165) is 96.9 Å². The first kappa shape index (κ1) is 51.8. The lowest BCUT2D eigenvalue weighted by molar-refractivity contribution is -0.151. The lowest BCUT2D eigenvalue weighted by atomic mass is 10.0. The van der Waals surface area contributed by atoms with Gasteiger partial charge in [0.25, 0.3) is 0 Å². The highest BCUT2D eigenvalue weighted by atomic mass is 16.5. The monoisotopic (exact) mass is 754 g/mol. The van der Waals surface area contributed by atoms with Crippen LogP contribution in [0.5, 0.6) is 0 Å². The van der Waals surface area contributed by atoms with Crippen LogP contribution in [0.2, 0.25) is 0 Å². The van der Waals surface area contributed by atoms with E-state index in [2.05, 4.69) is 25.7 Å². The third-order valence-corrected chi connectivity index (χ3v) is 10.6. The van der Waals surface area contributed by atoms with E-state index in [1.807, 2.05) is 6.92 Å². The highest BCUT2D eigenvalue weighted by molar-refractivity contribution is 5.72. The summed E-state index contributed by atoms with van der Waals surface area (Å²) < 4.78 is 17.3. The summed E-state index contributed by atoms with van der Waals surface area (Å²) in [6, 6.07) is 0. The number of nitrogens with zero attached hydrogens (tertiary/aromatic N) is 1. The Bertz CT molecular complexity index is 748. The van der Waals surface area contributed by atoms with Gasteiger partial charge >= 0.3 is 11.9 Å². The Morgan fingerprint density at radius 2 is 0.962 bits per heavy atom. The summed E-state index contributed by atoms with van der Waals surface area (Å²) in [4.78, 5) is 27.6. The predicted molar refractivity (Wildman–Crippen MR) is 224 cm³/mol. The fourth-order valence-electron chi connectivity index (χ4n) is 6.97. The van der Waals surface area contributed by atoms with Gasteiger partial charge in [0.15, 0.2) is 0 Å². The Balaban J connectivity index is 4.17. The maximum absolute atomic E-state index is 12.7. The van der Waals surface area contributed by atoms with Crippen molar-refractivity contribution in [1.82, 2.24) is 4.90 Å². The molecule has 7 nitrogen and oxygen atoms in total. The van der Waals surface area contributed by atoms with Gasteiger partial charge in [0, 0.05) is 19.6 Å². The molecular formula is C46H91NO6. The number of esters is 2. The molecule has 316 valence electrons. The number of hydrogen-bond donors (Lipinski definition) is 1. The number of carbonyl (C=O) groups is 2. The molecular weight excluding hydrogens is 663 g/mol. The summed E-state index contributed by atoms with van der Waals surface area (Å²) in [5.41, 5.74) is 0. The number of hydrogen-bond acceptors (Lipinski definition) is 7. The third kappa shape index (κ3) is 37.5. The highest BCUT2D eigenvalue weighted by Crippen LogP contribution is 2.18. The molecule has 0 aromatic rings. The van der Waals surface area contributed by atoms with E-state index in [0.29, 0.717) is 19.6 Å². The molecule has 0 aromatic heterocycles. The number of unbranched alkanes of at least 4 members (excludes halogenated alkanes) is 22. The zero-order valence-electron chi connectivity index (χ0n) is 36.0. The average molecular weight is 754 g/mol. The van der Waals surface area contributed by atoms with E-state index < -0.39 is 0 Å². The van der Waals surface area contributed by atoms with Gasteiger partial charge in [0.2, 0.25) is 0 Å². The first-order chi connectivity index (χ1) is 26.0. The summed E-state index contributed by atoms with van der Waals surface area (Å²) in [5.74, 6) is -0.344. The number of rotatable bonds is 43. The van der Waals surface area contributed by atoms with Crippen molar-refractivity contribution in [1.29, 1.82) is 0 Å². The standard InChI is InChI=1S/C46H91NO6/c1-5-8-11-14-18-24-33-44(34-25-19-15-12-9-6-2)53-45(49)35-26-20-17-21-27-36-47(38-29-30-39-48)37-28-23-32-41-52-46(50)43(4)42-51-40-31-22-16-13-10-7-3/h43-44,48H,5-42H2,1-4H3. The molecule has 1 unspecified atom stereocenters. The van der Waals surface area contributed by atoms with Crippen LogP contribution in [0, 0.1) is 5.92 Å². The Kier molecular flexibility index (Phi) is 41.0. The summed E-state index contributed by atoms with van der Waals surface area (Å²) >= 11 is 0. The molecule has 1 N–H and O–H groups in total. The van der Waals surface area contributed by atoms with Crippen LogP contribution in [0.25, 0.3) is 0 Å². The molecule has 0 spiro atoms. The summed E-state index contributed by atoms with van der Waals surface area (Å²) in [5, 5.41) is 9.28. The van der Waals surface area contributed by atoms with Gasteiger partial charge < -0.3 is 24.2 Å². The molecule has 0 aliphatic carbocycles. The molecule has 0 bridgehead atoms. The fourth-order valence-corrected chi connectivity index (χ4v) is 6.97. The molecule has 1 atom stereocenters.